The molecule has 1 amide bonds. The number of aliphatic hydroxyl groups excluding tert-OH is 1. The molecular formula is C14H19NO3. The van der Waals surface area contributed by atoms with Crippen LogP contribution in [0.2, 0.25) is 0 Å². The maximum absolute atomic E-state index is 11.2. The Hall–Kier alpha value is -1.55. The number of rotatable bonds is 5. The van der Waals surface area contributed by atoms with Crippen molar-refractivity contribution in [3.05, 3.63) is 29.3 Å². The summed E-state index contributed by atoms with van der Waals surface area (Å²) in [7, 11) is 0. The summed E-state index contributed by atoms with van der Waals surface area (Å²) in [4.78, 5) is 11.2. The van der Waals surface area contributed by atoms with Crippen LogP contribution in [0.1, 0.15) is 37.0 Å². The third-order valence-corrected chi connectivity index (χ3v) is 3.13. The normalized spacial score (nSPS) is 17.3. The number of carbonyl (C=O) groups excluding carboxylic acids is 1. The summed E-state index contributed by atoms with van der Waals surface area (Å²) in [6, 6.07) is 5.73. The molecule has 0 saturated heterocycles. The van der Waals surface area contributed by atoms with Gasteiger partial charge in [-0.05, 0) is 43.0 Å². The van der Waals surface area contributed by atoms with Crippen LogP contribution in [0, 0.1) is 0 Å². The predicted octanol–water partition coefficient (Wildman–Crippen LogP) is 1.57. The smallest absolute Gasteiger partial charge is 0.223 e. The van der Waals surface area contributed by atoms with E-state index in [1.54, 1.807) is 0 Å². The van der Waals surface area contributed by atoms with Gasteiger partial charge in [-0.3, -0.25) is 4.79 Å². The van der Waals surface area contributed by atoms with Crippen LogP contribution < -0.4 is 10.1 Å². The first-order valence-electron chi connectivity index (χ1n) is 6.41. The van der Waals surface area contributed by atoms with E-state index in [0.29, 0.717) is 19.6 Å². The number of aryl methyl sites for hydroxylation is 1. The summed E-state index contributed by atoms with van der Waals surface area (Å²) in [6.07, 6.45) is 1.72. The highest BCUT2D eigenvalue weighted by molar-refractivity contribution is 5.75. The molecule has 1 aromatic rings. The van der Waals surface area contributed by atoms with Gasteiger partial charge in [-0.25, -0.2) is 0 Å². The summed E-state index contributed by atoms with van der Waals surface area (Å²) >= 11 is 0. The third-order valence-electron chi connectivity index (χ3n) is 3.13. The van der Waals surface area contributed by atoms with Crippen LogP contribution in [0.3, 0.4) is 0 Å². The number of fused-ring (bicyclic) bond motifs is 1. The van der Waals surface area contributed by atoms with Crippen molar-refractivity contribution in [2.75, 3.05) is 13.2 Å². The molecule has 0 heterocycles. The molecule has 18 heavy (non-hydrogen) atoms. The molecule has 0 aromatic heterocycles. The quantitative estimate of drug-likeness (QED) is 0.832. The average Bonchev–Trinajstić information content (AvgIpc) is 2.71. The molecule has 98 valence electrons. The zero-order valence-corrected chi connectivity index (χ0v) is 10.6. The lowest BCUT2D eigenvalue weighted by Gasteiger charge is -2.09. The van der Waals surface area contributed by atoms with Gasteiger partial charge in [0.15, 0.2) is 0 Å². The largest absolute Gasteiger partial charge is 0.493 e. The van der Waals surface area contributed by atoms with Gasteiger partial charge in [-0.1, -0.05) is 6.07 Å². The lowest BCUT2D eigenvalue weighted by Crippen LogP contribution is -2.24. The van der Waals surface area contributed by atoms with E-state index in [9.17, 15) is 9.90 Å². The van der Waals surface area contributed by atoms with Crippen LogP contribution in [0.25, 0.3) is 0 Å². The molecule has 0 fully saturated rings. The van der Waals surface area contributed by atoms with Crippen LogP contribution in [0.15, 0.2) is 18.2 Å². The summed E-state index contributed by atoms with van der Waals surface area (Å²) in [5.41, 5.74) is 2.16. The van der Waals surface area contributed by atoms with Crippen LogP contribution in [-0.2, 0) is 11.2 Å². The SMILES string of the molecule is CCNC(=O)CCOc1ccc2c(c1)CC[C@@H]2O. The van der Waals surface area contributed by atoms with Crippen molar-refractivity contribution in [3.8, 4) is 5.75 Å². The van der Waals surface area contributed by atoms with Gasteiger partial charge in [-0.2, -0.15) is 0 Å². The maximum Gasteiger partial charge on any atom is 0.223 e. The van der Waals surface area contributed by atoms with E-state index in [1.165, 1.54) is 0 Å². The fourth-order valence-corrected chi connectivity index (χ4v) is 2.21. The van der Waals surface area contributed by atoms with Gasteiger partial charge in [0.2, 0.25) is 5.91 Å². The first-order chi connectivity index (χ1) is 8.70. The molecule has 1 aromatic carbocycles. The van der Waals surface area contributed by atoms with E-state index in [-0.39, 0.29) is 12.0 Å². The number of nitrogens with one attached hydrogen (secondary N) is 1. The zero-order valence-electron chi connectivity index (χ0n) is 10.6. The molecule has 1 aliphatic rings. The zero-order chi connectivity index (χ0) is 13.0. The Balaban J connectivity index is 1.86. The van der Waals surface area contributed by atoms with E-state index in [2.05, 4.69) is 5.32 Å². The first kappa shape index (κ1) is 12.9. The maximum atomic E-state index is 11.2. The van der Waals surface area contributed by atoms with E-state index in [0.717, 1.165) is 29.7 Å². The van der Waals surface area contributed by atoms with Gasteiger partial charge < -0.3 is 15.2 Å². The minimum absolute atomic E-state index is 0.00841. The minimum Gasteiger partial charge on any atom is -0.493 e. The van der Waals surface area contributed by atoms with Gasteiger partial charge in [0, 0.05) is 6.54 Å². The van der Waals surface area contributed by atoms with Crippen molar-refractivity contribution < 1.29 is 14.6 Å². The second-order valence-electron chi connectivity index (χ2n) is 4.47. The third kappa shape index (κ3) is 3.01. The van der Waals surface area contributed by atoms with E-state index in [4.69, 9.17) is 4.74 Å². The molecule has 0 saturated carbocycles. The highest BCUT2D eigenvalue weighted by Crippen LogP contribution is 2.33. The van der Waals surface area contributed by atoms with Gasteiger partial charge in [0.1, 0.15) is 5.75 Å². The van der Waals surface area contributed by atoms with E-state index >= 15 is 0 Å². The number of carbonyl (C=O) groups is 1. The summed E-state index contributed by atoms with van der Waals surface area (Å²) in [5, 5.41) is 12.4. The van der Waals surface area contributed by atoms with Gasteiger partial charge in [0.05, 0.1) is 19.1 Å². The van der Waals surface area contributed by atoms with Crippen LogP contribution in [0.5, 0.6) is 5.75 Å². The summed E-state index contributed by atoms with van der Waals surface area (Å²) in [5.74, 6) is 0.779. The number of aliphatic hydroxyl groups is 1. The van der Waals surface area contributed by atoms with Crippen molar-refractivity contribution >= 4 is 5.91 Å². The Morgan fingerprint density at radius 1 is 1.56 bits per heavy atom. The number of hydrogen-bond acceptors (Lipinski definition) is 3. The topological polar surface area (TPSA) is 58.6 Å². The monoisotopic (exact) mass is 249 g/mol. The number of benzene rings is 1. The Morgan fingerprint density at radius 2 is 2.39 bits per heavy atom. The standard InChI is InChI=1S/C14H19NO3/c1-2-15-14(17)7-8-18-11-4-5-12-10(9-11)3-6-13(12)16/h4-5,9,13,16H,2-3,6-8H2,1H3,(H,15,17)/t13-/m0/s1. The van der Waals surface area contributed by atoms with Crippen molar-refractivity contribution in [2.24, 2.45) is 0 Å². The molecule has 2 N–H and O–H groups in total. The van der Waals surface area contributed by atoms with Gasteiger partial charge in [-0.15, -0.1) is 0 Å². The van der Waals surface area contributed by atoms with Crippen molar-refractivity contribution in [3.63, 3.8) is 0 Å². The van der Waals surface area contributed by atoms with Crippen LogP contribution >= 0.6 is 0 Å². The Kier molecular flexibility index (Phi) is 4.20. The number of ether oxygens (including phenoxy) is 1. The molecule has 1 atom stereocenters. The van der Waals surface area contributed by atoms with E-state index in [1.807, 2.05) is 25.1 Å². The molecule has 1 aliphatic carbocycles. The molecule has 4 heteroatoms. The second-order valence-corrected chi connectivity index (χ2v) is 4.47. The lowest BCUT2D eigenvalue weighted by molar-refractivity contribution is -0.121. The first-order valence-corrected chi connectivity index (χ1v) is 6.41. The highest BCUT2D eigenvalue weighted by Gasteiger charge is 2.20. The molecular weight excluding hydrogens is 230 g/mol. The van der Waals surface area contributed by atoms with Crippen LogP contribution in [0.4, 0.5) is 0 Å². The summed E-state index contributed by atoms with van der Waals surface area (Å²) in [6.45, 7) is 2.92. The fourth-order valence-electron chi connectivity index (χ4n) is 2.21. The van der Waals surface area contributed by atoms with Crippen molar-refractivity contribution in [1.29, 1.82) is 0 Å². The molecule has 4 nitrogen and oxygen atoms in total. The summed E-state index contributed by atoms with van der Waals surface area (Å²) < 4.78 is 5.54. The fraction of sp³-hybridized carbons (Fsp3) is 0.500. The lowest BCUT2D eigenvalue weighted by atomic mass is 10.1. The Bertz CT molecular complexity index is 431. The Morgan fingerprint density at radius 3 is 3.17 bits per heavy atom. The van der Waals surface area contributed by atoms with E-state index < -0.39 is 0 Å². The van der Waals surface area contributed by atoms with Crippen LogP contribution in [-0.4, -0.2) is 24.2 Å². The minimum atomic E-state index is -0.329. The van der Waals surface area contributed by atoms with Gasteiger partial charge in [0.25, 0.3) is 0 Å². The highest BCUT2D eigenvalue weighted by atomic mass is 16.5. The molecule has 0 aliphatic heterocycles. The Labute approximate surface area is 107 Å². The molecule has 0 radical (unpaired) electrons. The molecule has 0 bridgehead atoms. The number of amides is 1. The van der Waals surface area contributed by atoms with Crippen molar-refractivity contribution in [1.82, 2.24) is 5.32 Å². The van der Waals surface area contributed by atoms with Gasteiger partial charge >= 0.3 is 0 Å². The number of hydrogen-bond donors (Lipinski definition) is 2. The molecule has 0 spiro atoms. The molecule has 0 unspecified atom stereocenters. The second kappa shape index (κ2) is 5.87. The predicted molar refractivity (Wildman–Crippen MR) is 68.5 cm³/mol. The average molecular weight is 249 g/mol. The molecule has 2 rings (SSSR count). The van der Waals surface area contributed by atoms with Crippen molar-refractivity contribution in [2.45, 2.75) is 32.3 Å².